The van der Waals surface area contributed by atoms with Crippen LogP contribution in [-0.4, -0.2) is 36.4 Å². The third-order valence-corrected chi connectivity index (χ3v) is 6.06. The van der Waals surface area contributed by atoms with Crippen LogP contribution in [0, 0.1) is 6.92 Å². The molecule has 3 rings (SSSR count). The van der Waals surface area contributed by atoms with Gasteiger partial charge in [0.1, 0.15) is 11.6 Å². The maximum absolute atomic E-state index is 12.7. The largest absolute Gasteiger partial charge is 0.332 e. The van der Waals surface area contributed by atoms with E-state index in [0.717, 1.165) is 21.8 Å². The fraction of sp³-hybridized carbons (Fsp3) is 0.333. The average Bonchev–Trinajstić information content (AvgIpc) is 3.06. The second-order valence-corrected chi connectivity index (χ2v) is 8.00. The molecule has 136 valence electrons. The van der Waals surface area contributed by atoms with Gasteiger partial charge in [0.2, 0.25) is 0 Å². The number of thiazole rings is 1. The predicted octanol–water partition coefficient (Wildman–Crippen LogP) is 2.84. The summed E-state index contributed by atoms with van der Waals surface area (Å²) in [6, 6.07) is 16.4. The molecule has 0 bridgehead atoms. The van der Waals surface area contributed by atoms with Crippen LogP contribution in [0.3, 0.4) is 0 Å². The van der Waals surface area contributed by atoms with Gasteiger partial charge in [0.15, 0.2) is 6.54 Å². The van der Waals surface area contributed by atoms with Crippen LogP contribution in [0.4, 0.5) is 0 Å². The number of rotatable bonds is 6. The van der Waals surface area contributed by atoms with Crippen molar-refractivity contribution in [1.29, 1.82) is 0 Å². The van der Waals surface area contributed by atoms with Crippen LogP contribution in [-0.2, 0) is 11.3 Å². The number of para-hydroxylation sites is 1. The molecule has 1 unspecified atom stereocenters. The number of nitrogens with one attached hydrogen (secondary N) is 1. The molecule has 1 heterocycles. The molecule has 0 saturated heterocycles. The van der Waals surface area contributed by atoms with E-state index in [4.69, 9.17) is 4.98 Å². The summed E-state index contributed by atoms with van der Waals surface area (Å²) in [4.78, 5) is 20.4. The molecule has 1 N–H and O–H groups in total. The summed E-state index contributed by atoms with van der Waals surface area (Å²) in [5.74, 6) is 0.142. The molecule has 1 amide bonds. The number of quaternary nitrogens is 1. The van der Waals surface area contributed by atoms with Gasteiger partial charge in [0, 0.05) is 12.6 Å². The minimum atomic E-state index is -0.0221. The quantitative estimate of drug-likeness (QED) is 0.726. The van der Waals surface area contributed by atoms with E-state index in [1.54, 1.807) is 11.3 Å². The average molecular weight is 369 g/mol. The maximum Gasteiger partial charge on any atom is 0.278 e. The number of hydrogen-bond donors (Lipinski definition) is 1. The zero-order chi connectivity index (χ0) is 18.7. The molecule has 0 fully saturated rings. The molecule has 4 nitrogen and oxygen atoms in total. The minimum Gasteiger partial charge on any atom is -0.332 e. The Morgan fingerprint density at radius 3 is 2.62 bits per heavy atom. The molecule has 1 aromatic heterocycles. The lowest BCUT2D eigenvalue weighted by Crippen LogP contribution is -3.08. The van der Waals surface area contributed by atoms with Crippen LogP contribution in [0.25, 0.3) is 10.2 Å². The number of amides is 1. The van der Waals surface area contributed by atoms with Crippen LogP contribution in [0.15, 0.2) is 48.5 Å². The standard InChI is InChI=1S/C21H25N3OS/c1-15-9-5-6-10-17(15)13-23(3)14-20(25)24(4)16(2)21-22-18-11-7-8-12-19(18)26-21/h5-12,16H,13-14H2,1-4H3/p+1/t16-/m0/s1. The van der Waals surface area contributed by atoms with Gasteiger partial charge in [-0.2, -0.15) is 0 Å². The van der Waals surface area contributed by atoms with Gasteiger partial charge < -0.3 is 9.80 Å². The first-order valence-corrected chi connectivity index (χ1v) is 9.74. The maximum atomic E-state index is 12.7. The zero-order valence-electron chi connectivity index (χ0n) is 15.8. The van der Waals surface area contributed by atoms with Crippen LogP contribution in [0.5, 0.6) is 0 Å². The third-order valence-electron chi connectivity index (χ3n) is 4.85. The first-order chi connectivity index (χ1) is 12.5. The van der Waals surface area contributed by atoms with E-state index in [-0.39, 0.29) is 11.9 Å². The van der Waals surface area contributed by atoms with Crippen molar-refractivity contribution in [2.45, 2.75) is 26.4 Å². The van der Waals surface area contributed by atoms with Crippen LogP contribution >= 0.6 is 11.3 Å². The Bertz CT molecular complexity index is 872. The monoisotopic (exact) mass is 368 g/mol. The number of fused-ring (bicyclic) bond motifs is 1. The fourth-order valence-corrected chi connectivity index (χ4v) is 4.09. The molecule has 0 spiro atoms. The Morgan fingerprint density at radius 2 is 1.88 bits per heavy atom. The van der Waals surface area contributed by atoms with Gasteiger partial charge in [-0.3, -0.25) is 4.79 Å². The van der Waals surface area contributed by atoms with Crippen molar-refractivity contribution >= 4 is 27.5 Å². The molecule has 0 aliphatic rings. The minimum absolute atomic E-state index is 0.0221. The van der Waals surface area contributed by atoms with Gasteiger partial charge in [0.05, 0.1) is 23.3 Å². The Balaban J connectivity index is 1.64. The van der Waals surface area contributed by atoms with E-state index in [9.17, 15) is 4.79 Å². The van der Waals surface area contributed by atoms with E-state index in [1.165, 1.54) is 16.0 Å². The van der Waals surface area contributed by atoms with Crippen molar-refractivity contribution in [1.82, 2.24) is 9.88 Å². The van der Waals surface area contributed by atoms with E-state index in [2.05, 4.69) is 38.2 Å². The number of carbonyl (C=O) groups is 1. The molecular formula is C21H26N3OS+. The summed E-state index contributed by atoms with van der Waals surface area (Å²) >= 11 is 1.66. The van der Waals surface area contributed by atoms with Crippen LogP contribution in [0.1, 0.15) is 29.1 Å². The van der Waals surface area contributed by atoms with E-state index in [0.29, 0.717) is 6.54 Å². The van der Waals surface area contributed by atoms with E-state index >= 15 is 0 Å². The second kappa shape index (κ2) is 7.98. The van der Waals surface area contributed by atoms with Crippen molar-refractivity contribution < 1.29 is 9.69 Å². The normalized spacial score (nSPS) is 13.5. The molecule has 0 aliphatic heterocycles. The number of aromatic nitrogens is 1. The fourth-order valence-electron chi connectivity index (χ4n) is 3.03. The van der Waals surface area contributed by atoms with Gasteiger partial charge in [-0.1, -0.05) is 36.4 Å². The van der Waals surface area contributed by atoms with Gasteiger partial charge in [0.25, 0.3) is 5.91 Å². The third kappa shape index (κ3) is 4.11. The smallest absolute Gasteiger partial charge is 0.278 e. The van der Waals surface area contributed by atoms with Gasteiger partial charge >= 0.3 is 0 Å². The number of hydrogen-bond acceptors (Lipinski definition) is 3. The van der Waals surface area contributed by atoms with Crippen molar-refractivity contribution in [2.75, 3.05) is 20.6 Å². The summed E-state index contributed by atoms with van der Waals surface area (Å²) in [6.45, 7) is 5.49. The summed E-state index contributed by atoms with van der Waals surface area (Å²) in [5, 5.41) is 0.985. The molecule has 3 aromatic rings. The highest BCUT2D eigenvalue weighted by molar-refractivity contribution is 7.18. The van der Waals surface area contributed by atoms with Crippen molar-refractivity contribution in [3.05, 3.63) is 64.7 Å². The van der Waals surface area contributed by atoms with Crippen molar-refractivity contribution in [3.63, 3.8) is 0 Å². The zero-order valence-corrected chi connectivity index (χ0v) is 16.6. The van der Waals surface area contributed by atoms with E-state index < -0.39 is 0 Å². The Labute approximate surface area is 159 Å². The molecule has 0 aliphatic carbocycles. The Hall–Kier alpha value is -2.24. The lowest BCUT2D eigenvalue weighted by molar-refractivity contribution is -0.885. The van der Waals surface area contributed by atoms with Crippen LogP contribution in [0.2, 0.25) is 0 Å². The lowest BCUT2D eigenvalue weighted by Gasteiger charge is -2.24. The number of aryl methyl sites for hydroxylation is 1. The highest BCUT2D eigenvalue weighted by Crippen LogP contribution is 2.28. The first-order valence-electron chi connectivity index (χ1n) is 8.92. The molecule has 2 aromatic carbocycles. The van der Waals surface area contributed by atoms with Crippen LogP contribution < -0.4 is 4.90 Å². The van der Waals surface area contributed by atoms with Gasteiger partial charge in [-0.15, -0.1) is 11.3 Å². The number of nitrogens with zero attached hydrogens (tertiary/aromatic N) is 2. The summed E-state index contributed by atoms with van der Waals surface area (Å²) < 4.78 is 1.16. The highest BCUT2D eigenvalue weighted by atomic mass is 32.1. The molecule has 26 heavy (non-hydrogen) atoms. The molecule has 5 heteroatoms. The number of carbonyl (C=O) groups excluding carboxylic acids is 1. The van der Waals surface area contributed by atoms with Gasteiger partial charge in [-0.25, -0.2) is 4.98 Å². The summed E-state index contributed by atoms with van der Waals surface area (Å²) in [6.07, 6.45) is 0. The lowest BCUT2D eigenvalue weighted by atomic mass is 10.1. The molecule has 0 radical (unpaired) electrons. The van der Waals surface area contributed by atoms with Gasteiger partial charge in [-0.05, 0) is 31.5 Å². The molecule has 2 atom stereocenters. The first kappa shape index (κ1) is 18.5. The molecule has 0 saturated carbocycles. The molecular weight excluding hydrogens is 342 g/mol. The Kier molecular flexibility index (Phi) is 5.69. The topological polar surface area (TPSA) is 37.6 Å². The Morgan fingerprint density at radius 1 is 1.19 bits per heavy atom. The van der Waals surface area contributed by atoms with E-state index in [1.807, 2.05) is 43.1 Å². The predicted molar refractivity (Wildman–Crippen MR) is 107 cm³/mol. The summed E-state index contributed by atoms with van der Waals surface area (Å²) in [7, 11) is 3.95. The number of likely N-dealkylation sites (N-methyl/N-ethyl adjacent to an activating group) is 2. The SMILES string of the molecule is Cc1ccccc1C[NH+](C)CC(=O)N(C)[C@@H](C)c1nc2ccccc2s1. The highest BCUT2D eigenvalue weighted by Gasteiger charge is 2.23. The van der Waals surface area contributed by atoms with Crippen molar-refractivity contribution in [2.24, 2.45) is 0 Å². The van der Waals surface area contributed by atoms with Crippen molar-refractivity contribution in [3.8, 4) is 0 Å². The number of benzene rings is 2. The second-order valence-electron chi connectivity index (χ2n) is 6.94. The summed E-state index contributed by atoms with van der Waals surface area (Å²) in [5.41, 5.74) is 3.57.